The lowest BCUT2D eigenvalue weighted by Crippen LogP contribution is -2.48. The third kappa shape index (κ3) is 6.30. The van der Waals surface area contributed by atoms with Crippen LogP contribution in [0.25, 0.3) is 11.1 Å². The van der Waals surface area contributed by atoms with Gasteiger partial charge in [0.2, 0.25) is 23.0 Å². The molecular weight excluding hydrogens is 518 g/mol. The van der Waals surface area contributed by atoms with Gasteiger partial charge in [0.25, 0.3) is 0 Å². The molecule has 3 unspecified atom stereocenters. The first-order valence-corrected chi connectivity index (χ1v) is 13.0. The Morgan fingerprint density at radius 1 is 1.00 bits per heavy atom. The fraction of sp³-hybridized carbons (Fsp3) is 0.448. The van der Waals surface area contributed by atoms with Crippen LogP contribution < -0.4 is 35.6 Å². The van der Waals surface area contributed by atoms with Crippen molar-refractivity contribution in [1.82, 2.24) is 10.6 Å². The average molecular weight is 556 g/mol. The van der Waals surface area contributed by atoms with Crippen molar-refractivity contribution < 1.29 is 33.7 Å². The summed E-state index contributed by atoms with van der Waals surface area (Å²) in [7, 11) is 4.57. The van der Waals surface area contributed by atoms with Crippen molar-refractivity contribution in [2.24, 2.45) is 5.92 Å². The van der Waals surface area contributed by atoms with Gasteiger partial charge in [-0.05, 0) is 60.6 Å². The summed E-state index contributed by atoms with van der Waals surface area (Å²) < 4.78 is 17.0. The first-order chi connectivity index (χ1) is 18.9. The minimum atomic E-state index is -1.17. The van der Waals surface area contributed by atoms with Gasteiger partial charge in [0, 0.05) is 12.5 Å². The van der Waals surface area contributed by atoms with E-state index in [4.69, 9.17) is 14.2 Å². The molecule has 0 bridgehead atoms. The number of methoxy groups -OCH3 is 3. The van der Waals surface area contributed by atoms with E-state index in [1.807, 2.05) is 6.07 Å². The lowest BCUT2D eigenvalue weighted by atomic mass is 9.95. The van der Waals surface area contributed by atoms with Gasteiger partial charge in [0.1, 0.15) is 12.1 Å². The molecule has 3 atom stereocenters. The minimum absolute atomic E-state index is 0.146. The zero-order valence-corrected chi connectivity index (χ0v) is 23.8. The van der Waals surface area contributed by atoms with E-state index in [0.717, 1.165) is 5.56 Å². The first kappa shape index (κ1) is 30.3. The first-order valence-electron chi connectivity index (χ1n) is 13.0. The molecule has 2 aromatic rings. The summed E-state index contributed by atoms with van der Waals surface area (Å²) in [5.74, 6) is -0.915. The quantitative estimate of drug-likeness (QED) is 0.347. The molecule has 0 spiro atoms. The van der Waals surface area contributed by atoms with Crippen LogP contribution in [0.4, 0.5) is 5.69 Å². The fourth-order valence-electron chi connectivity index (χ4n) is 4.89. The predicted octanol–water partition coefficient (Wildman–Crippen LogP) is 2.89. The van der Waals surface area contributed by atoms with Crippen LogP contribution in [0.15, 0.2) is 29.1 Å². The maximum absolute atomic E-state index is 13.6. The number of fused-ring (bicyclic) bond motifs is 3. The molecule has 216 valence electrons. The summed E-state index contributed by atoms with van der Waals surface area (Å²) in [6.45, 7) is 6.37. The van der Waals surface area contributed by atoms with Crippen LogP contribution in [0, 0.1) is 5.92 Å². The van der Waals surface area contributed by atoms with Gasteiger partial charge < -0.3 is 35.3 Å². The summed E-state index contributed by atoms with van der Waals surface area (Å²) in [5.41, 5.74) is 2.58. The Balaban J connectivity index is 2.23. The monoisotopic (exact) mass is 555 g/mol. The van der Waals surface area contributed by atoms with E-state index in [0.29, 0.717) is 46.8 Å². The summed E-state index contributed by atoms with van der Waals surface area (Å²) in [5, 5.41) is 17.6. The molecule has 0 fully saturated rings. The second-order valence-corrected chi connectivity index (χ2v) is 10.0. The average Bonchev–Trinajstić information content (AvgIpc) is 3.14. The van der Waals surface area contributed by atoms with Gasteiger partial charge in [-0.15, -0.1) is 0 Å². The molecule has 11 nitrogen and oxygen atoms in total. The molecule has 11 heteroatoms. The molecule has 0 saturated heterocycles. The number of hydrogen-bond acceptors (Lipinski definition) is 8. The van der Waals surface area contributed by atoms with E-state index in [1.165, 1.54) is 41.2 Å². The minimum Gasteiger partial charge on any atom is -0.493 e. The van der Waals surface area contributed by atoms with E-state index < -0.39 is 35.4 Å². The summed E-state index contributed by atoms with van der Waals surface area (Å²) in [6.07, 6.45) is 1.07. The summed E-state index contributed by atoms with van der Waals surface area (Å²) >= 11 is 0. The number of carboxylic acids is 1. The zero-order chi connectivity index (χ0) is 29.7. The van der Waals surface area contributed by atoms with Gasteiger partial charge in [-0.3, -0.25) is 19.2 Å². The Morgan fingerprint density at radius 3 is 2.23 bits per heavy atom. The summed E-state index contributed by atoms with van der Waals surface area (Å²) in [4.78, 5) is 49.9. The highest BCUT2D eigenvalue weighted by atomic mass is 16.5. The van der Waals surface area contributed by atoms with Gasteiger partial charge in [-0.25, -0.2) is 0 Å². The van der Waals surface area contributed by atoms with Crippen molar-refractivity contribution in [1.29, 1.82) is 0 Å². The molecule has 0 aliphatic heterocycles. The number of ether oxygens (including phenoxy) is 3. The highest BCUT2D eigenvalue weighted by Crippen LogP contribution is 2.50. The number of hydrogen-bond donors (Lipinski definition) is 4. The standard InChI is InChI=1S/C29H37N3O8/c1-14(2)25(28(35)30-15(3)29(36)37)32-21-11-9-18-19(13-22(21)34)20(31-16(4)33)10-8-17-12-23(38-5)26(39-6)27(40-7)24(17)18/h9,11-15,20,25H,8,10H2,1-7H3,(H,30,35)(H,31,33)(H,32,34)(H,36,37). The van der Waals surface area contributed by atoms with Gasteiger partial charge in [0.15, 0.2) is 11.5 Å². The lowest BCUT2D eigenvalue weighted by molar-refractivity contribution is -0.141. The molecule has 40 heavy (non-hydrogen) atoms. The molecule has 0 aromatic heterocycles. The second kappa shape index (κ2) is 12.7. The van der Waals surface area contributed by atoms with Crippen LogP contribution in [0.3, 0.4) is 0 Å². The highest BCUT2D eigenvalue weighted by molar-refractivity contribution is 5.89. The Morgan fingerprint density at radius 2 is 1.68 bits per heavy atom. The Kier molecular flexibility index (Phi) is 9.62. The lowest BCUT2D eigenvalue weighted by Gasteiger charge is -2.23. The van der Waals surface area contributed by atoms with Crippen LogP contribution in [0.1, 0.15) is 51.3 Å². The van der Waals surface area contributed by atoms with Crippen molar-refractivity contribution in [3.63, 3.8) is 0 Å². The number of carbonyl (C=O) groups is 3. The maximum Gasteiger partial charge on any atom is 0.325 e. The second-order valence-electron chi connectivity index (χ2n) is 10.0. The number of aryl methyl sites for hydroxylation is 1. The van der Waals surface area contributed by atoms with Crippen molar-refractivity contribution >= 4 is 23.5 Å². The zero-order valence-electron chi connectivity index (χ0n) is 23.8. The van der Waals surface area contributed by atoms with Crippen LogP contribution >= 0.6 is 0 Å². The molecule has 4 N–H and O–H groups in total. The molecule has 2 amide bonds. The SMILES string of the molecule is COc1cc2c(c(OC)c1OC)-c1ccc(NC(C(=O)NC(C)C(=O)O)C(C)C)c(=O)cc1C(NC(C)=O)CC2. The number of anilines is 1. The van der Waals surface area contributed by atoms with E-state index in [1.54, 1.807) is 26.0 Å². The van der Waals surface area contributed by atoms with E-state index in [9.17, 15) is 24.3 Å². The number of rotatable bonds is 10. The molecule has 0 saturated carbocycles. The van der Waals surface area contributed by atoms with Crippen LogP contribution in [0.5, 0.6) is 17.2 Å². The third-order valence-electron chi connectivity index (χ3n) is 6.91. The predicted molar refractivity (Wildman–Crippen MR) is 150 cm³/mol. The molecule has 3 rings (SSSR count). The van der Waals surface area contributed by atoms with Crippen molar-refractivity contribution in [3.8, 4) is 28.4 Å². The largest absolute Gasteiger partial charge is 0.493 e. The fourth-order valence-corrected chi connectivity index (χ4v) is 4.89. The third-order valence-corrected chi connectivity index (χ3v) is 6.91. The van der Waals surface area contributed by atoms with E-state index in [2.05, 4.69) is 16.0 Å². The topological polar surface area (TPSA) is 152 Å². The molecule has 1 aliphatic rings. The maximum atomic E-state index is 13.6. The number of benzene rings is 1. The smallest absolute Gasteiger partial charge is 0.325 e. The number of carboxylic acid groups (broad SMARTS) is 1. The highest BCUT2D eigenvalue weighted by Gasteiger charge is 2.30. The number of amides is 2. The number of nitrogens with one attached hydrogen (secondary N) is 3. The molecule has 2 aromatic carbocycles. The number of aliphatic carboxylic acids is 1. The Bertz CT molecular complexity index is 1360. The van der Waals surface area contributed by atoms with Crippen molar-refractivity contribution in [2.45, 2.75) is 58.7 Å². The normalized spacial score (nSPS) is 15.4. The van der Waals surface area contributed by atoms with Crippen molar-refractivity contribution in [3.05, 3.63) is 45.6 Å². The van der Waals surface area contributed by atoms with E-state index >= 15 is 0 Å². The summed E-state index contributed by atoms with van der Waals surface area (Å²) in [6, 6.07) is 4.20. The van der Waals surface area contributed by atoms with Gasteiger partial charge in [-0.2, -0.15) is 0 Å². The van der Waals surface area contributed by atoms with Crippen LogP contribution in [-0.4, -0.2) is 56.3 Å². The number of carbonyl (C=O) groups excluding carboxylic acids is 2. The Hall–Kier alpha value is -4.28. The van der Waals surface area contributed by atoms with Gasteiger partial charge >= 0.3 is 5.97 Å². The molecule has 0 radical (unpaired) electrons. The van der Waals surface area contributed by atoms with Crippen LogP contribution in [0.2, 0.25) is 0 Å². The molecule has 1 aliphatic carbocycles. The Labute approximate surface area is 233 Å². The van der Waals surface area contributed by atoms with Gasteiger partial charge in [-0.1, -0.05) is 19.9 Å². The van der Waals surface area contributed by atoms with Crippen LogP contribution in [-0.2, 0) is 20.8 Å². The van der Waals surface area contributed by atoms with E-state index in [-0.39, 0.29) is 17.5 Å². The van der Waals surface area contributed by atoms with Crippen molar-refractivity contribution in [2.75, 3.05) is 26.6 Å². The van der Waals surface area contributed by atoms with Gasteiger partial charge in [0.05, 0.1) is 33.1 Å². The molecular formula is C29H37N3O8. The molecule has 0 heterocycles.